The predicted octanol–water partition coefficient (Wildman–Crippen LogP) is 4.34. The van der Waals surface area contributed by atoms with E-state index in [1.807, 2.05) is 39.0 Å². The van der Waals surface area contributed by atoms with E-state index in [1.54, 1.807) is 12.1 Å². The summed E-state index contributed by atoms with van der Waals surface area (Å²) in [6.45, 7) is 5.89. The molecule has 0 aliphatic heterocycles. The van der Waals surface area contributed by atoms with Crippen LogP contribution >= 0.6 is 11.6 Å². The maximum atomic E-state index is 11.5. The second kappa shape index (κ2) is 6.84. The van der Waals surface area contributed by atoms with Crippen molar-refractivity contribution < 1.29 is 14.6 Å². The first-order valence-electron chi connectivity index (χ1n) is 7.08. The highest BCUT2D eigenvalue weighted by Crippen LogP contribution is 2.25. The molecule has 0 bridgehead atoms. The zero-order valence-electron chi connectivity index (χ0n) is 12.9. The molecule has 0 fully saturated rings. The van der Waals surface area contributed by atoms with Crippen molar-refractivity contribution in [1.29, 1.82) is 0 Å². The summed E-state index contributed by atoms with van der Waals surface area (Å²) in [6, 6.07) is 11.1. The first-order chi connectivity index (χ1) is 10.4. The van der Waals surface area contributed by atoms with E-state index < -0.39 is 12.1 Å². The molecule has 0 amide bonds. The van der Waals surface area contributed by atoms with Crippen LogP contribution in [0.5, 0.6) is 5.75 Å². The predicted molar refractivity (Wildman–Crippen MR) is 87.9 cm³/mol. The molecule has 4 heteroatoms. The quantitative estimate of drug-likeness (QED) is 0.892. The fourth-order valence-electron chi connectivity index (χ4n) is 2.29. The molecule has 0 aromatic heterocycles. The highest BCUT2D eigenvalue weighted by atomic mass is 35.5. The first-order valence-corrected chi connectivity index (χ1v) is 7.46. The summed E-state index contributed by atoms with van der Waals surface area (Å²) >= 11 is 5.85. The van der Waals surface area contributed by atoms with Gasteiger partial charge in [0.15, 0.2) is 6.10 Å². The Hall–Kier alpha value is -2.00. The molecule has 1 N–H and O–H groups in total. The van der Waals surface area contributed by atoms with Crippen molar-refractivity contribution in [2.75, 3.05) is 0 Å². The SMILES string of the molecule is Cc1cc(C)c(C)c(OC(Cc2ccc(Cl)cc2)C(=O)O)c1. The second-order valence-electron chi connectivity index (χ2n) is 5.48. The van der Waals surface area contributed by atoms with Gasteiger partial charge < -0.3 is 9.84 Å². The Morgan fingerprint density at radius 1 is 1.18 bits per heavy atom. The lowest BCUT2D eigenvalue weighted by Crippen LogP contribution is -2.29. The average Bonchev–Trinajstić information content (AvgIpc) is 2.45. The minimum absolute atomic E-state index is 0.291. The maximum Gasteiger partial charge on any atom is 0.345 e. The van der Waals surface area contributed by atoms with Gasteiger partial charge in [0.25, 0.3) is 0 Å². The molecule has 0 aliphatic rings. The molecule has 2 rings (SSSR count). The Morgan fingerprint density at radius 3 is 2.41 bits per heavy atom. The van der Waals surface area contributed by atoms with Crippen LogP contribution < -0.4 is 4.74 Å². The second-order valence-corrected chi connectivity index (χ2v) is 5.92. The van der Waals surface area contributed by atoms with Gasteiger partial charge in [-0.3, -0.25) is 0 Å². The lowest BCUT2D eigenvalue weighted by atomic mass is 10.0. The number of rotatable bonds is 5. The Balaban J connectivity index is 2.22. The van der Waals surface area contributed by atoms with E-state index in [-0.39, 0.29) is 0 Å². The third kappa shape index (κ3) is 4.01. The number of aryl methyl sites for hydroxylation is 2. The van der Waals surface area contributed by atoms with Crippen molar-refractivity contribution in [3.63, 3.8) is 0 Å². The smallest absolute Gasteiger partial charge is 0.345 e. The van der Waals surface area contributed by atoms with Gasteiger partial charge >= 0.3 is 5.97 Å². The highest BCUT2D eigenvalue weighted by molar-refractivity contribution is 6.30. The lowest BCUT2D eigenvalue weighted by molar-refractivity contribution is -0.145. The average molecular weight is 319 g/mol. The summed E-state index contributed by atoms with van der Waals surface area (Å²) in [6.07, 6.45) is -0.639. The van der Waals surface area contributed by atoms with Crippen LogP contribution in [-0.2, 0) is 11.2 Å². The normalized spacial score (nSPS) is 12.0. The molecule has 2 aromatic rings. The van der Waals surface area contributed by atoms with E-state index in [4.69, 9.17) is 16.3 Å². The van der Waals surface area contributed by atoms with E-state index in [1.165, 1.54) is 0 Å². The van der Waals surface area contributed by atoms with Crippen LogP contribution in [0.25, 0.3) is 0 Å². The monoisotopic (exact) mass is 318 g/mol. The number of carboxylic acid groups (broad SMARTS) is 1. The van der Waals surface area contributed by atoms with Crippen molar-refractivity contribution in [3.05, 3.63) is 63.7 Å². The van der Waals surface area contributed by atoms with Gasteiger partial charge in [0.2, 0.25) is 0 Å². The molecule has 116 valence electrons. The van der Waals surface area contributed by atoms with Crippen molar-refractivity contribution in [1.82, 2.24) is 0 Å². The van der Waals surface area contributed by atoms with Crippen molar-refractivity contribution in [2.24, 2.45) is 0 Å². The van der Waals surface area contributed by atoms with Crippen molar-refractivity contribution >= 4 is 17.6 Å². The first kappa shape index (κ1) is 16.4. The van der Waals surface area contributed by atoms with Gasteiger partial charge in [-0.25, -0.2) is 4.79 Å². The fraction of sp³-hybridized carbons (Fsp3) is 0.278. The van der Waals surface area contributed by atoms with Gasteiger partial charge in [-0.1, -0.05) is 29.8 Å². The number of carboxylic acids is 1. The van der Waals surface area contributed by atoms with E-state index in [2.05, 4.69) is 6.07 Å². The van der Waals surface area contributed by atoms with E-state index >= 15 is 0 Å². The van der Waals surface area contributed by atoms with E-state index in [0.29, 0.717) is 17.2 Å². The minimum atomic E-state index is -0.978. The topological polar surface area (TPSA) is 46.5 Å². The minimum Gasteiger partial charge on any atom is -0.478 e. The maximum absolute atomic E-state index is 11.5. The van der Waals surface area contributed by atoms with Crippen LogP contribution in [0, 0.1) is 20.8 Å². The molecule has 0 heterocycles. The Labute approximate surface area is 135 Å². The number of aliphatic carboxylic acids is 1. The molecule has 3 nitrogen and oxygen atoms in total. The van der Waals surface area contributed by atoms with Crippen LogP contribution in [-0.4, -0.2) is 17.2 Å². The number of halogens is 1. The van der Waals surface area contributed by atoms with Crippen LogP contribution in [0.2, 0.25) is 5.02 Å². The molecule has 2 aromatic carbocycles. The van der Waals surface area contributed by atoms with Crippen molar-refractivity contribution in [3.8, 4) is 5.75 Å². The van der Waals surface area contributed by atoms with Crippen LogP contribution in [0.15, 0.2) is 36.4 Å². The Bertz CT molecular complexity index is 677. The molecule has 0 aliphatic carbocycles. The van der Waals surface area contributed by atoms with Gasteiger partial charge in [0.05, 0.1) is 0 Å². The molecular weight excluding hydrogens is 300 g/mol. The zero-order valence-corrected chi connectivity index (χ0v) is 13.6. The molecule has 0 saturated heterocycles. The largest absolute Gasteiger partial charge is 0.478 e. The zero-order chi connectivity index (χ0) is 16.3. The third-order valence-electron chi connectivity index (χ3n) is 3.64. The van der Waals surface area contributed by atoms with E-state index in [9.17, 15) is 9.90 Å². The molecule has 0 spiro atoms. The Kier molecular flexibility index (Phi) is 5.09. The number of carbonyl (C=O) groups is 1. The number of hydrogen-bond donors (Lipinski definition) is 1. The van der Waals surface area contributed by atoms with Crippen LogP contribution in [0.3, 0.4) is 0 Å². The fourth-order valence-corrected chi connectivity index (χ4v) is 2.42. The van der Waals surface area contributed by atoms with Gasteiger partial charge in [-0.2, -0.15) is 0 Å². The molecule has 0 radical (unpaired) electrons. The summed E-state index contributed by atoms with van der Waals surface area (Å²) in [5.74, 6) is -0.354. The summed E-state index contributed by atoms with van der Waals surface area (Å²) in [4.78, 5) is 11.5. The summed E-state index contributed by atoms with van der Waals surface area (Å²) in [5, 5.41) is 10.1. The van der Waals surface area contributed by atoms with E-state index in [0.717, 1.165) is 22.3 Å². The summed E-state index contributed by atoms with van der Waals surface area (Å²) in [5.41, 5.74) is 3.98. The highest BCUT2D eigenvalue weighted by Gasteiger charge is 2.21. The Morgan fingerprint density at radius 2 is 1.82 bits per heavy atom. The standard InChI is InChI=1S/C18H19ClO3/c1-11-8-12(2)13(3)16(9-11)22-17(18(20)21)10-14-4-6-15(19)7-5-14/h4-9,17H,10H2,1-3H3,(H,20,21). The number of ether oxygens (including phenoxy) is 1. The number of benzene rings is 2. The third-order valence-corrected chi connectivity index (χ3v) is 3.90. The number of hydrogen-bond acceptors (Lipinski definition) is 2. The lowest BCUT2D eigenvalue weighted by Gasteiger charge is -2.18. The summed E-state index contributed by atoms with van der Waals surface area (Å²) in [7, 11) is 0. The molecule has 1 atom stereocenters. The van der Waals surface area contributed by atoms with Gasteiger partial charge in [-0.05, 0) is 61.2 Å². The molecule has 1 unspecified atom stereocenters. The molecular formula is C18H19ClO3. The van der Waals surface area contributed by atoms with Gasteiger partial charge in [-0.15, -0.1) is 0 Å². The van der Waals surface area contributed by atoms with Crippen LogP contribution in [0.1, 0.15) is 22.3 Å². The van der Waals surface area contributed by atoms with Gasteiger partial charge in [0.1, 0.15) is 5.75 Å². The molecule has 0 saturated carbocycles. The van der Waals surface area contributed by atoms with Gasteiger partial charge in [0, 0.05) is 11.4 Å². The summed E-state index contributed by atoms with van der Waals surface area (Å²) < 4.78 is 5.77. The van der Waals surface area contributed by atoms with Crippen LogP contribution in [0.4, 0.5) is 0 Å². The molecule has 22 heavy (non-hydrogen) atoms. The van der Waals surface area contributed by atoms with Crippen molar-refractivity contribution in [2.45, 2.75) is 33.3 Å².